The fourth-order valence-electron chi connectivity index (χ4n) is 4.65. The molecule has 1 fully saturated rings. The van der Waals surface area contributed by atoms with Crippen LogP contribution in [0.15, 0.2) is 78.9 Å². The largest absolute Gasteiger partial charge is 0.497 e. The SMILES string of the molecule is COc1cccc([C@]2(CN)CC[C@@H](NCc3ccc(-c4ccccc4)cc3)CC2)c1. The zero-order valence-corrected chi connectivity index (χ0v) is 17.8. The van der Waals surface area contributed by atoms with E-state index in [4.69, 9.17) is 10.5 Å². The summed E-state index contributed by atoms with van der Waals surface area (Å²) in [5.41, 5.74) is 11.5. The van der Waals surface area contributed by atoms with E-state index in [1.807, 2.05) is 6.07 Å². The summed E-state index contributed by atoms with van der Waals surface area (Å²) in [5, 5.41) is 3.77. The number of hydrogen-bond donors (Lipinski definition) is 2. The van der Waals surface area contributed by atoms with E-state index in [2.05, 4.69) is 78.1 Å². The molecule has 0 amide bonds. The first-order valence-electron chi connectivity index (χ1n) is 10.9. The van der Waals surface area contributed by atoms with E-state index in [9.17, 15) is 0 Å². The Morgan fingerprint density at radius 1 is 0.900 bits per heavy atom. The molecule has 0 saturated heterocycles. The maximum absolute atomic E-state index is 6.27. The lowest BCUT2D eigenvalue weighted by molar-refractivity contribution is 0.250. The van der Waals surface area contributed by atoms with Crippen molar-refractivity contribution in [2.75, 3.05) is 13.7 Å². The van der Waals surface area contributed by atoms with Crippen molar-refractivity contribution in [2.45, 2.75) is 43.7 Å². The number of benzene rings is 3. The average molecular weight is 401 g/mol. The molecule has 3 aromatic carbocycles. The number of hydrogen-bond acceptors (Lipinski definition) is 3. The van der Waals surface area contributed by atoms with Crippen molar-refractivity contribution in [1.82, 2.24) is 5.32 Å². The molecule has 1 aliphatic carbocycles. The normalized spacial score (nSPS) is 21.3. The molecular weight excluding hydrogens is 368 g/mol. The van der Waals surface area contributed by atoms with Crippen LogP contribution < -0.4 is 15.8 Å². The van der Waals surface area contributed by atoms with E-state index in [0.29, 0.717) is 12.6 Å². The lowest BCUT2D eigenvalue weighted by atomic mass is 9.68. The highest BCUT2D eigenvalue weighted by Gasteiger charge is 2.35. The van der Waals surface area contributed by atoms with Gasteiger partial charge in [0.05, 0.1) is 7.11 Å². The second-order valence-corrected chi connectivity index (χ2v) is 8.43. The molecule has 0 unspecified atom stereocenters. The molecule has 3 aromatic rings. The Balaban J connectivity index is 1.33. The first-order chi connectivity index (χ1) is 14.7. The van der Waals surface area contributed by atoms with Gasteiger partial charge in [0.15, 0.2) is 0 Å². The topological polar surface area (TPSA) is 47.3 Å². The molecule has 0 heterocycles. The first-order valence-corrected chi connectivity index (χ1v) is 10.9. The van der Waals surface area contributed by atoms with Crippen molar-refractivity contribution < 1.29 is 4.74 Å². The molecule has 1 aliphatic rings. The molecule has 0 aromatic heterocycles. The molecule has 156 valence electrons. The van der Waals surface area contributed by atoms with Crippen LogP contribution in [0.25, 0.3) is 11.1 Å². The summed E-state index contributed by atoms with van der Waals surface area (Å²) in [6.07, 6.45) is 4.52. The van der Waals surface area contributed by atoms with Gasteiger partial charge in [0.1, 0.15) is 5.75 Å². The molecule has 0 atom stereocenters. The van der Waals surface area contributed by atoms with Crippen molar-refractivity contribution in [1.29, 1.82) is 0 Å². The second-order valence-electron chi connectivity index (χ2n) is 8.43. The summed E-state index contributed by atoms with van der Waals surface area (Å²) in [4.78, 5) is 0. The maximum Gasteiger partial charge on any atom is 0.119 e. The van der Waals surface area contributed by atoms with Gasteiger partial charge in [0, 0.05) is 24.5 Å². The Labute approximate surface area is 180 Å². The van der Waals surface area contributed by atoms with Crippen LogP contribution in [0.5, 0.6) is 5.75 Å². The summed E-state index contributed by atoms with van der Waals surface area (Å²) in [6.45, 7) is 1.60. The lowest BCUT2D eigenvalue weighted by Gasteiger charge is -2.40. The van der Waals surface area contributed by atoms with Gasteiger partial charge in [-0.15, -0.1) is 0 Å². The Bertz CT molecular complexity index is 929. The van der Waals surface area contributed by atoms with Crippen LogP contribution in [-0.2, 0) is 12.0 Å². The summed E-state index contributed by atoms with van der Waals surface area (Å²) in [5.74, 6) is 0.916. The van der Waals surface area contributed by atoms with Crippen LogP contribution in [0, 0.1) is 0 Å². The highest BCUT2D eigenvalue weighted by molar-refractivity contribution is 5.63. The van der Waals surface area contributed by atoms with E-state index in [1.54, 1.807) is 7.11 Å². The molecular formula is C27H32N2O. The van der Waals surface area contributed by atoms with Crippen LogP contribution in [0.2, 0.25) is 0 Å². The molecule has 4 rings (SSSR count). The number of nitrogens with two attached hydrogens (primary N) is 1. The molecule has 3 N–H and O–H groups in total. The summed E-state index contributed by atoms with van der Waals surface area (Å²) in [6, 6.07) is 28.4. The van der Waals surface area contributed by atoms with Crippen LogP contribution in [-0.4, -0.2) is 19.7 Å². The van der Waals surface area contributed by atoms with Gasteiger partial charge in [-0.05, 0) is 60.1 Å². The van der Waals surface area contributed by atoms with Crippen molar-refractivity contribution in [2.24, 2.45) is 5.73 Å². The minimum absolute atomic E-state index is 0.0735. The number of rotatable bonds is 7. The molecule has 30 heavy (non-hydrogen) atoms. The van der Waals surface area contributed by atoms with E-state index in [0.717, 1.165) is 38.0 Å². The van der Waals surface area contributed by atoms with E-state index in [1.165, 1.54) is 22.3 Å². The van der Waals surface area contributed by atoms with Gasteiger partial charge >= 0.3 is 0 Å². The van der Waals surface area contributed by atoms with E-state index in [-0.39, 0.29) is 5.41 Å². The van der Waals surface area contributed by atoms with Gasteiger partial charge in [-0.25, -0.2) is 0 Å². The lowest BCUT2D eigenvalue weighted by Crippen LogP contribution is -2.43. The standard InChI is InChI=1S/C27H32N2O/c1-30-26-9-5-8-24(18-26)27(20-28)16-14-25(15-17-27)29-19-21-10-12-23(13-11-21)22-6-3-2-4-7-22/h2-13,18,25,29H,14-17,19-20,28H2,1H3/t25-,27-. The Kier molecular flexibility index (Phi) is 6.51. The van der Waals surface area contributed by atoms with Crippen molar-refractivity contribution in [3.63, 3.8) is 0 Å². The molecule has 0 spiro atoms. The van der Waals surface area contributed by atoms with E-state index < -0.39 is 0 Å². The van der Waals surface area contributed by atoms with Gasteiger partial charge in [-0.2, -0.15) is 0 Å². The van der Waals surface area contributed by atoms with Gasteiger partial charge in [-0.3, -0.25) is 0 Å². The summed E-state index contributed by atoms with van der Waals surface area (Å²) >= 11 is 0. The fraction of sp³-hybridized carbons (Fsp3) is 0.333. The zero-order chi connectivity index (χ0) is 20.8. The number of ether oxygens (including phenoxy) is 1. The van der Waals surface area contributed by atoms with Crippen molar-refractivity contribution in [3.8, 4) is 16.9 Å². The van der Waals surface area contributed by atoms with Crippen LogP contribution in [0.1, 0.15) is 36.8 Å². The third kappa shape index (κ3) is 4.58. The Hall–Kier alpha value is -2.62. The zero-order valence-electron chi connectivity index (χ0n) is 17.8. The monoisotopic (exact) mass is 400 g/mol. The minimum Gasteiger partial charge on any atom is -0.497 e. The van der Waals surface area contributed by atoms with Gasteiger partial charge in [0.2, 0.25) is 0 Å². The number of nitrogens with one attached hydrogen (secondary N) is 1. The molecule has 1 saturated carbocycles. The second kappa shape index (κ2) is 9.46. The highest BCUT2D eigenvalue weighted by atomic mass is 16.5. The van der Waals surface area contributed by atoms with Gasteiger partial charge in [-0.1, -0.05) is 66.7 Å². The van der Waals surface area contributed by atoms with Crippen LogP contribution >= 0.6 is 0 Å². The summed E-state index contributed by atoms with van der Waals surface area (Å²) in [7, 11) is 1.72. The van der Waals surface area contributed by atoms with Crippen LogP contribution in [0.3, 0.4) is 0 Å². The highest BCUT2D eigenvalue weighted by Crippen LogP contribution is 2.39. The molecule has 3 heteroatoms. The Morgan fingerprint density at radius 2 is 1.60 bits per heavy atom. The Morgan fingerprint density at radius 3 is 2.27 bits per heavy atom. The van der Waals surface area contributed by atoms with Gasteiger partial charge in [0.25, 0.3) is 0 Å². The molecule has 0 bridgehead atoms. The van der Waals surface area contributed by atoms with Gasteiger partial charge < -0.3 is 15.8 Å². The van der Waals surface area contributed by atoms with Crippen molar-refractivity contribution in [3.05, 3.63) is 90.0 Å². The molecule has 0 radical (unpaired) electrons. The van der Waals surface area contributed by atoms with Crippen molar-refractivity contribution >= 4 is 0 Å². The van der Waals surface area contributed by atoms with Crippen LogP contribution in [0.4, 0.5) is 0 Å². The first kappa shape index (κ1) is 20.6. The molecule has 0 aliphatic heterocycles. The average Bonchev–Trinajstić information content (AvgIpc) is 2.84. The third-order valence-electron chi connectivity index (χ3n) is 6.67. The predicted molar refractivity (Wildman–Crippen MR) is 125 cm³/mol. The smallest absolute Gasteiger partial charge is 0.119 e. The number of methoxy groups -OCH3 is 1. The summed E-state index contributed by atoms with van der Waals surface area (Å²) < 4.78 is 5.43. The fourth-order valence-corrected chi connectivity index (χ4v) is 4.65. The quantitative estimate of drug-likeness (QED) is 0.566. The minimum atomic E-state index is 0.0735. The van der Waals surface area contributed by atoms with E-state index >= 15 is 0 Å². The predicted octanol–water partition coefficient (Wildman–Crippen LogP) is 5.29. The molecule has 3 nitrogen and oxygen atoms in total. The third-order valence-corrected chi connectivity index (χ3v) is 6.67. The maximum atomic E-state index is 6.27.